The van der Waals surface area contributed by atoms with Crippen molar-refractivity contribution in [2.45, 2.75) is 13.5 Å². The predicted octanol–water partition coefficient (Wildman–Crippen LogP) is 3.48. The molecule has 0 atom stereocenters. The standard InChI is InChI=1S/C28H24F2N6O3/c1-16-25(28(39)36(35(16)2)14-18-6-8-22(29)23(30)10-18)27(38)32-9-3-4-17-5-7-20-21(12-19-13-31-15-33-19)26(37)34-24(20)11-17/h3-8,10-13,15H,9,14H2,1-2H3,(H,31,33)(H,32,38)(H,34,37)/b4-3+,21-12+. The number of anilines is 1. The largest absolute Gasteiger partial charge is 0.348 e. The fourth-order valence-electron chi connectivity index (χ4n) is 4.41. The predicted molar refractivity (Wildman–Crippen MR) is 143 cm³/mol. The van der Waals surface area contributed by atoms with Crippen LogP contribution in [0.5, 0.6) is 0 Å². The number of benzene rings is 2. The van der Waals surface area contributed by atoms with Gasteiger partial charge in [-0.25, -0.2) is 18.4 Å². The summed E-state index contributed by atoms with van der Waals surface area (Å²) in [5.41, 5.74) is 3.80. The van der Waals surface area contributed by atoms with Gasteiger partial charge >= 0.3 is 0 Å². The highest BCUT2D eigenvalue weighted by Crippen LogP contribution is 2.33. The molecule has 198 valence electrons. The average Bonchev–Trinajstić information content (AvgIpc) is 3.59. The Morgan fingerprint density at radius 3 is 2.69 bits per heavy atom. The van der Waals surface area contributed by atoms with Gasteiger partial charge in [-0.1, -0.05) is 30.4 Å². The molecule has 3 N–H and O–H groups in total. The molecule has 4 aromatic rings. The van der Waals surface area contributed by atoms with Gasteiger partial charge in [0.1, 0.15) is 5.56 Å². The summed E-state index contributed by atoms with van der Waals surface area (Å²) in [6.07, 6.45) is 8.43. The van der Waals surface area contributed by atoms with Crippen LogP contribution in [-0.2, 0) is 18.4 Å². The third kappa shape index (κ3) is 5.06. The Bertz CT molecular complexity index is 1710. The summed E-state index contributed by atoms with van der Waals surface area (Å²) >= 11 is 0. The van der Waals surface area contributed by atoms with Crippen LogP contribution in [0.3, 0.4) is 0 Å². The third-order valence-electron chi connectivity index (χ3n) is 6.54. The summed E-state index contributed by atoms with van der Waals surface area (Å²) in [7, 11) is 1.62. The molecule has 0 saturated heterocycles. The smallest absolute Gasteiger partial charge is 0.280 e. The molecule has 39 heavy (non-hydrogen) atoms. The van der Waals surface area contributed by atoms with E-state index in [1.165, 1.54) is 21.8 Å². The Hall–Kier alpha value is -5.06. The molecule has 0 spiro atoms. The molecule has 11 heteroatoms. The molecular formula is C28H24F2N6O3. The number of H-pyrrole nitrogens is 1. The van der Waals surface area contributed by atoms with E-state index in [1.54, 1.807) is 38.4 Å². The zero-order valence-corrected chi connectivity index (χ0v) is 21.1. The number of aromatic nitrogens is 4. The molecule has 1 aliphatic rings. The van der Waals surface area contributed by atoms with E-state index in [2.05, 4.69) is 20.6 Å². The van der Waals surface area contributed by atoms with Gasteiger partial charge in [0.2, 0.25) is 0 Å². The molecule has 2 aromatic carbocycles. The van der Waals surface area contributed by atoms with Gasteiger partial charge in [-0.2, -0.15) is 0 Å². The van der Waals surface area contributed by atoms with Crippen molar-refractivity contribution in [2.24, 2.45) is 7.05 Å². The van der Waals surface area contributed by atoms with E-state index in [0.717, 1.165) is 29.0 Å². The van der Waals surface area contributed by atoms with Crippen LogP contribution in [0.1, 0.15) is 38.4 Å². The monoisotopic (exact) mass is 530 g/mol. The molecule has 9 nitrogen and oxygen atoms in total. The van der Waals surface area contributed by atoms with E-state index >= 15 is 0 Å². The first-order chi connectivity index (χ1) is 18.7. The lowest BCUT2D eigenvalue weighted by atomic mass is 10.0. The highest BCUT2D eigenvalue weighted by atomic mass is 19.2. The lowest BCUT2D eigenvalue weighted by molar-refractivity contribution is -0.110. The van der Waals surface area contributed by atoms with Crippen molar-refractivity contribution in [1.29, 1.82) is 0 Å². The first kappa shape index (κ1) is 25.6. The van der Waals surface area contributed by atoms with Crippen LogP contribution in [0.25, 0.3) is 17.7 Å². The summed E-state index contributed by atoms with van der Waals surface area (Å²) in [4.78, 5) is 45.1. The number of carbonyl (C=O) groups excluding carboxylic acids is 2. The molecule has 0 bridgehead atoms. The van der Waals surface area contributed by atoms with E-state index in [-0.39, 0.29) is 24.6 Å². The molecule has 0 saturated carbocycles. The second-order valence-corrected chi connectivity index (χ2v) is 9.03. The molecule has 2 aromatic heterocycles. The SMILES string of the molecule is Cc1c(C(=O)NC/C=C/c2ccc3c(c2)NC(=O)/C3=C/c2cnc[nH]2)c(=O)n(Cc2ccc(F)c(F)c2)n1C. The second kappa shape index (κ2) is 10.4. The van der Waals surface area contributed by atoms with Gasteiger partial charge < -0.3 is 15.6 Å². The van der Waals surface area contributed by atoms with Crippen LogP contribution in [0.4, 0.5) is 14.5 Å². The fraction of sp³-hybridized carbons (Fsp3) is 0.143. The maximum atomic E-state index is 13.6. The van der Waals surface area contributed by atoms with Crippen molar-refractivity contribution in [3.63, 3.8) is 0 Å². The maximum Gasteiger partial charge on any atom is 0.280 e. The number of rotatable bonds is 7. The van der Waals surface area contributed by atoms with Gasteiger partial charge in [0.25, 0.3) is 17.4 Å². The topological polar surface area (TPSA) is 114 Å². The molecule has 0 unspecified atom stereocenters. The second-order valence-electron chi connectivity index (χ2n) is 9.03. The van der Waals surface area contributed by atoms with E-state index in [1.807, 2.05) is 18.2 Å². The minimum absolute atomic E-state index is 0.0196. The van der Waals surface area contributed by atoms with Crippen LogP contribution in [-0.4, -0.2) is 37.7 Å². The van der Waals surface area contributed by atoms with Crippen molar-refractivity contribution >= 4 is 35.2 Å². The Morgan fingerprint density at radius 2 is 1.95 bits per heavy atom. The molecule has 0 radical (unpaired) electrons. The van der Waals surface area contributed by atoms with Crippen molar-refractivity contribution in [3.8, 4) is 0 Å². The number of nitrogens with one attached hydrogen (secondary N) is 3. The first-order valence-electron chi connectivity index (χ1n) is 12.0. The van der Waals surface area contributed by atoms with Gasteiger partial charge in [0.05, 0.1) is 30.3 Å². The zero-order chi connectivity index (χ0) is 27.7. The molecule has 2 amide bonds. The molecular weight excluding hydrogens is 506 g/mol. The molecule has 1 aliphatic heterocycles. The molecule has 3 heterocycles. The van der Waals surface area contributed by atoms with Crippen molar-refractivity contribution in [1.82, 2.24) is 24.6 Å². The summed E-state index contributed by atoms with van der Waals surface area (Å²) < 4.78 is 29.7. The summed E-state index contributed by atoms with van der Waals surface area (Å²) in [5, 5.41) is 5.56. The lowest BCUT2D eigenvalue weighted by Crippen LogP contribution is -2.31. The number of amides is 2. The van der Waals surface area contributed by atoms with Gasteiger partial charge in [0, 0.05) is 30.5 Å². The van der Waals surface area contributed by atoms with Crippen LogP contribution in [0, 0.1) is 18.6 Å². The minimum atomic E-state index is -1.01. The number of hydrogen-bond donors (Lipinski definition) is 3. The number of fused-ring (bicyclic) bond motifs is 1. The van der Waals surface area contributed by atoms with E-state index in [9.17, 15) is 23.2 Å². The highest BCUT2D eigenvalue weighted by Gasteiger charge is 2.24. The van der Waals surface area contributed by atoms with Gasteiger partial charge in [-0.05, 0) is 42.3 Å². The van der Waals surface area contributed by atoms with E-state index in [4.69, 9.17) is 0 Å². The number of hydrogen-bond acceptors (Lipinski definition) is 4. The van der Waals surface area contributed by atoms with Gasteiger partial charge in [-0.3, -0.25) is 19.1 Å². The Kier molecular flexibility index (Phi) is 6.80. The quantitative estimate of drug-likeness (QED) is 0.318. The Morgan fingerprint density at radius 1 is 1.13 bits per heavy atom. The van der Waals surface area contributed by atoms with Crippen LogP contribution < -0.4 is 16.2 Å². The fourth-order valence-corrected chi connectivity index (χ4v) is 4.41. The number of imidazole rings is 1. The lowest BCUT2D eigenvalue weighted by Gasteiger charge is -2.08. The van der Waals surface area contributed by atoms with Gasteiger partial charge in [-0.15, -0.1) is 0 Å². The van der Waals surface area contributed by atoms with Crippen LogP contribution in [0.15, 0.2) is 59.8 Å². The summed E-state index contributed by atoms with van der Waals surface area (Å²) in [5.74, 6) is -2.73. The third-order valence-corrected chi connectivity index (χ3v) is 6.54. The number of aromatic amines is 1. The zero-order valence-electron chi connectivity index (χ0n) is 21.1. The van der Waals surface area contributed by atoms with Gasteiger partial charge in [0.15, 0.2) is 11.6 Å². The molecule has 0 aliphatic carbocycles. The van der Waals surface area contributed by atoms with Crippen molar-refractivity contribution < 1.29 is 18.4 Å². The minimum Gasteiger partial charge on any atom is -0.348 e. The number of nitrogens with zero attached hydrogens (tertiary/aromatic N) is 3. The highest BCUT2D eigenvalue weighted by molar-refractivity contribution is 6.34. The Balaban J connectivity index is 1.25. The van der Waals surface area contributed by atoms with E-state index < -0.39 is 23.1 Å². The summed E-state index contributed by atoms with van der Waals surface area (Å²) in [6, 6.07) is 8.94. The van der Waals surface area contributed by atoms with E-state index in [0.29, 0.717) is 22.5 Å². The summed E-state index contributed by atoms with van der Waals surface area (Å²) in [6.45, 7) is 1.78. The Labute approximate surface area is 221 Å². The van der Waals surface area contributed by atoms with Crippen molar-refractivity contribution in [3.05, 3.63) is 111 Å². The number of halogens is 2. The number of carbonyl (C=O) groups is 2. The maximum absolute atomic E-state index is 13.6. The van der Waals surface area contributed by atoms with Crippen molar-refractivity contribution in [2.75, 3.05) is 11.9 Å². The normalized spacial score (nSPS) is 13.7. The molecule has 5 rings (SSSR count). The van der Waals surface area contributed by atoms with Crippen LogP contribution in [0.2, 0.25) is 0 Å². The van der Waals surface area contributed by atoms with Crippen LogP contribution >= 0.6 is 0 Å². The molecule has 0 fully saturated rings. The first-order valence-corrected chi connectivity index (χ1v) is 12.0. The average molecular weight is 531 g/mol.